The maximum atomic E-state index is 12.2. The molecule has 2 aliphatic heterocycles. The molecular formula is C26H35Cl2N7O2. The summed E-state index contributed by atoms with van der Waals surface area (Å²) in [7, 11) is 3.58. The summed E-state index contributed by atoms with van der Waals surface area (Å²) in [5.41, 5.74) is 8.97. The van der Waals surface area contributed by atoms with E-state index in [2.05, 4.69) is 32.9 Å². The van der Waals surface area contributed by atoms with E-state index >= 15 is 0 Å². The lowest BCUT2D eigenvalue weighted by atomic mass is 9.78. The Bertz CT molecular complexity index is 1070. The number of rotatable bonds is 5. The van der Waals surface area contributed by atoms with E-state index in [1.807, 2.05) is 18.0 Å². The van der Waals surface area contributed by atoms with Gasteiger partial charge in [-0.15, -0.1) is 0 Å². The second kappa shape index (κ2) is 11.3. The monoisotopic (exact) mass is 547 g/mol. The van der Waals surface area contributed by atoms with E-state index in [0.717, 1.165) is 43.7 Å². The highest BCUT2D eigenvalue weighted by Gasteiger charge is 2.42. The summed E-state index contributed by atoms with van der Waals surface area (Å²) in [5.74, 6) is 1.34. The molecule has 1 aliphatic carbocycles. The van der Waals surface area contributed by atoms with E-state index in [9.17, 15) is 4.79 Å². The van der Waals surface area contributed by atoms with Gasteiger partial charge in [-0.3, -0.25) is 10.4 Å². The minimum Gasteiger partial charge on any atom is -0.370 e. The van der Waals surface area contributed by atoms with Gasteiger partial charge in [0, 0.05) is 70.5 Å². The Morgan fingerprint density at radius 2 is 1.81 bits per heavy atom. The Hall–Kier alpha value is -2.17. The number of hydrogen-bond acceptors (Lipinski definition) is 7. The normalized spacial score (nSPS) is 26.6. The highest BCUT2D eigenvalue weighted by Crippen LogP contribution is 2.41. The van der Waals surface area contributed by atoms with Gasteiger partial charge in [-0.05, 0) is 43.7 Å². The second-order valence-electron chi connectivity index (χ2n) is 10.4. The first-order chi connectivity index (χ1) is 17.8. The molecule has 2 amide bonds. The van der Waals surface area contributed by atoms with E-state index in [4.69, 9.17) is 32.9 Å². The molecule has 0 bridgehead atoms. The van der Waals surface area contributed by atoms with Crippen LogP contribution in [0.15, 0.2) is 30.7 Å². The number of carbonyl (C=O) groups is 1. The molecule has 9 nitrogen and oxygen atoms in total. The van der Waals surface area contributed by atoms with Crippen LogP contribution in [-0.4, -0.2) is 78.2 Å². The van der Waals surface area contributed by atoms with Gasteiger partial charge in [-0.25, -0.2) is 15.2 Å². The smallest absolute Gasteiger partial charge is 0.319 e. The summed E-state index contributed by atoms with van der Waals surface area (Å²) in [6.45, 7) is 4.97. The lowest BCUT2D eigenvalue weighted by molar-refractivity contribution is -0.0370. The number of aromatic nitrogens is 2. The van der Waals surface area contributed by atoms with E-state index in [0.29, 0.717) is 35.1 Å². The molecular weight excluding hydrogens is 513 g/mol. The molecule has 2 aromatic heterocycles. The SMILES string of the molecule is C[C@@H](OC1CCC2NNC(c3ccc(N4CCN(C(=O)N(C)C)CC4)nc3)C2C1)c1c(Cl)cncc1Cl. The summed E-state index contributed by atoms with van der Waals surface area (Å²) in [6.07, 6.45) is 8.06. The zero-order valence-electron chi connectivity index (χ0n) is 21.5. The van der Waals surface area contributed by atoms with E-state index in [1.165, 1.54) is 5.56 Å². The van der Waals surface area contributed by atoms with Gasteiger partial charge in [0.05, 0.1) is 28.3 Å². The number of amides is 2. The molecule has 0 aromatic carbocycles. The second-order valence-corrected chi connectivity index (χ2v) is 11.2. The number of urea groups is 1. The fourth-order valence-electron chi connectivity index (χ4n) is 5.82. The number of pyridine rings is 2. The third-order valence-electron chi connectivity index (χ3n) is 7.78. The summed E-state index contributed by atoms with van der Waals surface area (Å²) >= 11 is 12.7. The van der Waals surface area contributed by atoms with Crippen molar-refractivity contribution in [1.82, 2.24) is 30.6 Å². The standard InChI is InChI=1S/C26H35Cl2N7O2/c1-16(24-20(27)14-29-15-21(24)28)37-18-5-6-22-19(12-18)25(32-31-22)17-4-7-23(30-13-17)34-8-10-35(11-9-34)26(36)33(2)3/h4,7,13-16,18-19,22,25,31-32H,5-6,8-12H2,1-3H3/t16-,18?,19?,22?,25?/m1/s1. The van der Waals surface area contributed by atoms with Gasteiger partial charge in [0.15, 0.2) is 0 Å². The van der Waals surface area contributed by atoms with E-state index in [-0.39, 0.29) is 24.3 Å². The summed E-state index contributed by atoms with van der Waals surface area (Å²) in [5, 5.41) is 1.07. The Kier molecular flexibility index (Phi) is 8.07. The molecule has 2 aromatic rings. The van der Waals surface area contributed by atoms with Crippen LogP contribution in [0.5, 0.6) is 0 Å². The van der Waals surface area contributed by atoms with Crippen LogP contribution < -0.4 is 15.8 Å². The third-order valence-corrected chi connectivity index (χ3v) is 8.39. The number of carbonyl (C=O) groups excluding carboxylic acids is 1. The largest absolute Gasteiger partial charge is 0.370 e. The highest BCUT2D eigenvalue weighted by atomic mass is 35.5. The minimum atomic E-state index is -0.209. The van der Waals surface area contributed by atoms with Crippen molar-refractivity contribution in [3.63, 3.8) is 0 Å². The fourth-order valence-corrected chi connectivity index (χ4v) is 6.49. The number of anilines is 1. The number of halogens is 2. The van der Waals surface area contributed by atoms with Crippen LogP contribution in [0.1, 0.15) is 49.5 Å². The number of ether oxygens (including phenoxy) is 1. The molecule has 2 saturated heterocycles. The van der Waals surface area contributed by atoms with Crippen molar-refractivity contribution in [3.8, 4) is 0 Å². The lowest BCUT2D eigenvalue weighted by Crippen LogP contribution is -2.51. The van der Waals surface area contributed by atoms with Crippen molar-refractivity contribution in [2.75, 3.05) is 45.2 Å². The van der Waals surface area contributed by atoms with Crippen LogP contribution in [0.3, 0.4) is 0 Å². The Morgan fingerprint density at radius 3 is 2.46 bits per heavy atom. The molecule has 200 valence electrons. The average molecular weight is 549 g/mol. The molecule has 4 heterocycles. The van der Waals surface area contributed by atoms with Gasteiger partial charge in [-0.2, -0.15) is 0 Å². The van der Waals surface area contributed by atoms with Crippen LogP contribution in [0.25, 0.3) is 0 Å². The Morgan fingerprint density at radius 1 is 1.08 bits per heavy atom. The molecule has 5 rings (SSSR count). The zero-order valence-corrected chi connectivity index (χ0v) is 23.0. The zero-order chi connectivity index (χ0) is 26.1. The van der Waals surface area contributed by atoms with Crippen molar-refractivity contribution in [2.24, 2.45) is 5.92 Å². The highest BCUT2D eigenvalue weighted by molar-refractivity contribution is 6.35. The van der Waals surface area contributed by atoms with Gasteiger partial charge >= 0.3 is 6.03 Å². The van der Waals surface area contributed by atoms with Crippen LogP contribution >= 0.6 is 23.2 Å². The van der Waals surface area contributed by atoms with Gasteiger partial charge in [0.2, 0.25) is 0 Å². The van der Waals surface area contributed by atoms with Gasteiger partial charge in [0.25, 0.3) is 0 Å². The van der Waals surface area contributed by atoms with Crippen molar-refractivity contribution < 1.29 is 9.53 Å². The van der Waals surface area contributed by atoms with Crippen molar-refractivity contribution in [2.45, 2.75) is 50.5 Å². The first kappa shape index (κ1) is 26.4. The van der Waals surface area contributed by atoms with Crippen LogP contribution in [0.4, 0.5) is 10.6 Å². The minimum absolute atomic E-state index is 0.0634. The van der Waals surface area contributed by atoms with Crippen molar-refractivity contribution in [3.05, 3.63) is 51.9 Å². The number of hydrogen-bond donors (Lipinski definition) is 2. The third kappa shape index (κ3) is 5.66. The maximum absolute atomic E-state index is 12.2. The summed E-state index contributed by atoms with van der Waals surface area (Å²) in [4.78, 5) is 26.8. The first-order valence-corrected chi connectivity index (χ1v) is 13.7. The number of piperazine rings is 1. The lowest BCUT2D eigenvalue weighted by Gasteiger charge is -2.36. The van der Waals surface area contributed by atoms with Crippen molar-refractivity contribution in [1.29, 1.82) is 0 Å². The molecule has 1 saturated carbocycles. The fraction of sp³-hybridized carbons (Fsp3) is 0.577. The predicted octanol–water partition coefficient (Wildman–Crippen LogP) is 4.05. The van der Waals surface area contributed by atoms with E-state index in [1.54, 1.807) is 31.4 Å². The number of nitrogens with one attached hydrogen (secondary N) is 2. The first-order valence-electron chi connectivity index (χ1n) is 12.9. The molecule has 4 unspecified atom stereocenters. The number of fused-ring (bicyclic) bond motifs is 1. The topological polar surface area (TPSA) is 85.9 Å². The molecule has 37 heavy (non-hydrogen) atoms. The van der Waals surface area contributed by atoms with E-state index < -0.39 is 0 Å². The average Bonchev–Trinajstić information content (AvgIpc) is 3.31. The Labute approximate surface area is 228 Å². The summed E-state index contributed by atoms with van der Waals surface area (Å²) in [6, 6.07) is 4.89. The maximum Gasteiger partial charge on any atom is 0.319 e. The molecule has 0 spiro atoms. The predicted molar refractivity (Wildman–Crippen MR) is 145 cm³/mol. The molecule has 2 N–H and O–H groups in total. The van der Waals surface area contributed by atoms with Gasteiger partial charge in [-0.1, -0.05) is 29.3 Å². The van der Waals surface area contributed by atoms with Gasteiger partial charge < -0.3 is 19.4 Å². The van der Waals surface area contributed by atoms with Gasteiger partial charge in [0.1, 0.15) is 5.82 Å². The number of hydrazine groups is 1. The molecule has 5 atom stereocenters. The molecule has 3 aliphatic rings. The van der Waals surface area contributed by atoms with Crippen LogP contribution in [0, 0.1) is 5.92 Å². The van der Waals surface area contributed by atoms with Crippen LogP contribution in [-0.2, 0) is 4.74 Å². The molecule has 11 heteroatoms. The molecule has 0 radical (unpaired) electrons. The summed E-state index contributed by atoms with van der Waals surface area (Å²) < 4.78 is 6.46. The van der Waals surface area contributed by atoms with Crippen molar-refractivity contribution >= 4 is 35.1 Å². The quantitative estimate of drug-likeness (QED) is 0.583. The van der Waals surface area contributed by atoms with Crippen LogP contribution in [0.2, 0.25) is 10.0 Å². The Balaban J connectivity index is 1.20. The molecule has 3 fully saturated rings. The number of nitrogens with zero attached hydrogens (tertiary/aromatic N) is 5.